The molecule has 1 atom stereocenters. The van der Waals surface area contributed by atoms with Crippen molar-refractivity contribution in [2.24, 2.45) is 0 Å². The van der Waals surface area contributed by atoms with Gasteiger partial charge in [-0.05, 0) is 31.5 Å². The molecule has 1 aliphatic heterocycles. The van der Waals surface area contributed by atoms with E-state index in [0.717, 1.165) is 36.3 Å². The van der Waals surface area contributed by atoms with Gasteiger partial charge in [0.2, 0.25) is 5.91 Å². The molecule has 1 saturated heterocycles. The quantitative estimate of drug-likeness (QED) is 0.827. The summed E-state index contributed by atoms with van der Waals surface area (Å²) in [6.45, 7) is 6.97. The van der Waals surface area contributed by atoms with Gasteiger partial charge in [0, 0.05) is 31.9 Å². The van der Waals surface area contributed by atoms with Crippen LogP contribution in [0.5, 0.6) is 0 Å². The van der Waals surface area contributed by atoms with Crippen LogP contribution < -0.4 is 5.32 Å². The van der Waals surface area contributed by atoms with Gasteiger partial charge in [-0.25, -0.2) is 0 Å². The minimum Gasteiger partial charge on any atom is -0.480 e. The number of likely N-dealkylation sites (N-methyl/N-ethyl adjacent to an activating group) is 1. The zero-order valence-electron chi connectivity index (χ0n) is 14.7. The van der Waals surface area contributed by atoms with E-state index in [4.69, 9.17) is 0 Å². The lowest BCUT2D eigenvalue weighted by Crippen LogP contribution is -2.52. The number of amides is 1. The number of rotatable bonds is 6. The molecule has 24 heavy (non-hydrogen) atoms. The Balaban J connectivity index is 2.05. The molecule has 1 fully saturated rings. The number of carbonyl (C=O) groups is 2. The molecule has 1 aliphatic rings. The predicted octanol–water partition coefficient (Wildman–Crippen LogP) is 1.59. The van der Waals surface area contributed by atoms with E-state index in [2.05, 4.69) is 10.2 Å². The van der Waals surface area contributed by atoms with Crippen molar-refractivity contribution in [1.29, 1.82) is 0 Å². The van der Waals surface area contributed by atoms with Gasteiger partial charge >= 0.3 is 5.97 Å². The van der Waals surface area contributed by atoms with Crippen molar-refractivity contribution >= 4 is 17.6 Å². The molecule has 0 radical (unpaired) electrons. The summed E-state index contributed by atoms with van der Waals surface area (Å²) in [5.74, 6) is -1.18. The Hall–Kier alpha value is -1.92. The SMILES string of the molecule is CCc1cccc(C)c1NC(=O)CC(C(=O)O)N1CCN(C)CC1. The number of carboxylic acids is 1. The molecular weight excluding hydrogens is 306 g/mol. The number of piperazine rings is 1. The van der Waals surface area contributed by atoms with Crippen molar-refractivity contribution in [3.05, 3.63) is 29.3 Å². The summed E-state index contributed by atoms with van der Waals surface area (Å²) in [6, 6.07) is 5.13. The molecule has 1 heterocycles. The Labute approximate surface area is 143 Å². The minimum atomic E-state index is -0.935. The third-order valence-electron chi connectivity index (χ3n) is 4.65. The molecular formula is C18H27N3O3. The number of para-hydroxylation sites is 1. The molecule has 2 N–H and O–H groups in total. The third-order valence-corrected chi connectivity index (χ3v) is 4.65. The molecule has 1 unspecified atom stereocenters. The van der Waals surface area contributed by atoms with Crippen molar-refractivity contribution in [2.75, 3.05) is 38.5 Å². The van der Waals surface area contributed by atoms with Gasteiger partial charge in [0.15, 0.2) is 0 Å². The number of anilines is 1. The standard InChI is InChI=1S/C18H27N3O3/c1-4-14-7-5-6-13(2)17(14)19-16(22)12-15(18(23)24)21-10-8-20(3)9-11-21/h5-7,15H,4,8-12H2,1-3H3,(H,19,22)(H,23,24). The van der Waals surface area contributed by atoms with Gasteiger partial charge in [0.25, 0.3) is 0 Å². The normalized spacial score (nSPS) is 17.5. The summed E-state index contributed by atoms with van der Waals surface area (Å²) in [5, 5.41) is 12.5. The van der Waals surface area contributed by atoms with E-state index in [9.17, 15) is 14.7 Å². The van der Waals surface area contributed by atoms with E-state index in [1.165, 1.54) is 0 Å². The topological polar surface area (TPSA) is 72.9 Å². The Morgan fingerprint density at radius 3 is 2.50 bits per heavy atom. The zero-order chi connectivity index (χ0) is 17.7. The highest BCUT2D eigenvalue weighted by molar-refractivity contribution is 5.95. The van der Waals surface area contributed by atoms with Crippen LogP contribution in [0.1, 0.15) is 24.5 Å². The van der Waals surface area contributed by atoms with Crippen LogP contribution in [0, 0.1) is 6.92 Å². The van der Waals surface area contributed by atoms with E-state index in [1.807, 2.05) is 44.0 Å². The van der Waals surface area contributed by atoms with Gasteiger partial charge in [-0.2, -0.15) is 0 Å². The molecule has 132 valence electrons. The Morgan fingerprint density at radius 2 is 1.92 bits per heavy atom. The Kier molecular flexibility index (Phi) is 6.34. The fourth-order valence-corrected chi connectivity index (χ4v) is 3.07. The fraction of sp³-hybridized carbons (Fsp3) is 0.556. The molecule has 0 aliphatic carbocycles. The van der Waals surface area contributed by atoms with Crippen LogP contribution in [0.15, 0.2) is 18.2 Å². The summed E-state index contributed by atoms with van der Waals surface area (Å²) in [5.41, 5.74) is 2.87. The van der Waals surface area contributed by atoms with Gasteiger partial charge in [-0.1, -0.05) is 25.1 Å². The lowest BCUT2D eigenvalue weighted by molar-refractivity contribution is -0.145. The van der Waals surface area contributed by atoms with Crippen LogP contribution in [-0.2, 0) is 16.0 Å². The second kappa shape index (κ2) is 8.26. The first-order valence-corrected chi connectivity index (χ1v) is 8.46. The maximum Gasteiger partial charge on any atom is 0.321 e. The summed E-state index contributed by atoms with van der Waals surface area (Å²) in [4.78, 5) is 28.1. The number of carboxylic acid groups (broad SMARTS) is 1. The van der Waals surface area contributed by atoms with E-state index < -0.39 is 12.0 Å². The number of aliphatic carboxylic acids is 1. The second-order valence-electron chi connectivity index (χ2n) is 6.41. The van der Waals surface area contributed by atoms with Gasteiger partial charge in [-0.15, -0.1) is 0 Å². The third kappa shape index (κ3) is 4.55. The molecule has 0 aromatic heterocycles. The summed E-state index contributed by atoms with van der Waals surface area (Å²) >= 11 is 0. The van der Waals surface area contributed by atoms with Crippen LogP contribution in [0.25, 0.3) is 0 Å². The monoisotopic (exact) mass is 333 g/mol. The number of aryl methyl sites for hydroxylation is 2. The average molecular weight is 333 g/mol. The summed E-state index contributed by atoms with van der Waals surface area (Å²) < 4.78 is 0. The molecule has 6 nitrogen and oxygen atoms in total. The number of nitrogens with zero attached hydrogens (tertiary/aromatic N) is 2. The van der Waals surface area contributed by atoms with E-state index in [1.54, 1.807) is 0 Å². The van der Waals surface area contributed by atoms with Crippen LogP contribution in [0.2, 0.25) is 0 Å². The number of nitrogens with one attached hydrogen (secondary N) is 1. The lowest BCUT2D eigenvalue weighted by Gasteiger charge is -2.35. The van der Waals surface area contributed by atoms with Crippen LogP contribution >= 0.6 is 0 Å². The largest absolute Gasteiger partial charge is 0.480 e. The highest BCUT2D eigenvalue weighted by Crippen LogP contribution is 2.22. The highest BCUT2D eigenvalue weighted by Gasteiger charge is 2.30. The predicted molar refractivity (Wildman–Crippen MR) is 94.3 cm³/mol. The van der Waals surface area contributed by atoms with Crippen molar-refractivity contribution in [3.63, 3.8) is 0 Å². The van der Waals surface area contributed by atoms with Gasteiger partial charge in [0.05, 0.1) is 6.42 Å². The van der Waals surface area contributed by atoms with Gasteiger partial charge in [0.1, 0.15) is 6.04 Å². The van der Waals surface area contributed by atoms with Gasteiger partial charge in [-0.3, -0.25) is 14.5 Å². The van der Waals surface area contributed by atoms with E-state index in [-0.39, 0.29) is 12.3 Å². The first-order chi connectivity index (χ1) is 11.4. The van der Waals surface area contributed by atoms with Crippen LogP contribution in [-0.4, -0.2) is 66.1 Å². The highest BCUT2D eigenvalue weighted by atomic mass is 16.4. The Bertz CT molecular complexity index is 595. The van der Waals surface area contributed by atoms with Gasteiger partial charge < -0.3 is 15.3 Å². The van der Waals surface area contributed by atoms with Crippen molar-refractivity contribution in [2.45, 2.75) is 32.7 Å². The van der Waals surface area contributed by atoms with Crippen LogP contribution in [0.4, 0.5) is 5.69 Å². The molecule has 0 spiro atoms. The van der Waals surface area contributed by atoms with E-state index >= 15 is 0 Å². The van der Waals surface area contributed by atoms with Crippen molar-refractivity contribution in [1.82, 2.24) is 9.80 Å². The first kappa shape index (κ1) is 18.4. The Morgan fingerprint density at radius 1 is 1.25 bits per heavy atom. The second-order valence-corrected chi connectivity index (χ2v) is 6.41. The molecule has 2 rings (SSSR count). The van der Waals surface area contributed by atoms with E-state index in [0.29, 0.717) is 13.1 Å². The number of carbonyl (C=O) groups excluding carboxylic acids is 1. The summed E-state index contributed by atoms with van der Waals surface area (Å²) in [6.07, 6.45) is 0.786. The molecule has 1 aromatic carbocycles. The number of benzene rings is 1. The first-order valence-electron chi connectivity index (χ1n) is 8.46. The molecule has 1 amide bonds. The van der Waals surface area contributed by atoms with Crippen LogP contribution in [0.3, 0.4) is 0 Å². The fourth-order valence-electron chi connectivity index (χ4n) is 3.07. The molecule has 6 heteroatoms. The molecule has 0 bridgehead atoms. The van der Waals surface area contributed by atoms with Crippen molar-refractivity contribution in [3.8, 4) is 0 Å². The summed E-state index contributed by atoms with van der Waals surface area (Å²) in [7, 11) is 2.02. The number of hydrogen-bond acceptors (Lipinski definition) is 4. The van der Waals surface area contributed by atoms with Crippen molar-refractivity contribution < 1.29 is 14.7 Å². The minimum absolute atomic E-state index is 0.0312. The lowest BCUT2D eigenvalue weighted by atomic mass is 10.0. The maximum atomic E-state index is 12.4. The average Bonchev–Trinajstić information content (AvgIpc) is 2.55. The smallest absolute Gasteiger partial charge is 0.321 e. The maximum absolute atomic E-state index is 12.4. The number of hydrogen-bond donors (Lipinski definition) is 2. The molecule has 0 saturated carbocycles. The molecule has 1 aromatic rings. The zero-order valence-corrected chi connectivity index (χ0v) is 14.7.